The normalized spacial score (nSPS) is 23.1. The minimum absolute atomic E-state index is 0.120. The number of nitrogens with one attached hydrogen (secondary N) is 1. The Morgan fingerprint density at radius 1 is 1.42 bits per heavy atom. The fourth-order valence-corrected chi connectivity index (χ4v) is 3.17. The Kier molecular flexibility index (Phi) is 4.97. The molecule has 0 aliphatic heterocycles. The average molecular weight is 328 g/mol. The van der Waals surface area contributed by atoms with E-state index in [9.17, 15) is 9.18 Å². The van der Waals surface area contributed by atoms with Crippen molar-refractivity contribution in [3.05, 3.63) is 34.1 Å². The fraction of sp³-hybridized carbons (Fsp3) is 0.533. The smallest absolute Gasteiger partial charge is 0.254 e. The lowest BCUT2D eigenvalue weighted by Gasteiger charge is -2.31. The molecule has 1 fully saturated rings. The summed E-state index contributed by atoms with van der Waals surface area (Å²) in [7, 11) is 0. The van der Waals surface area contributed by atoms with Crippen LogP contribution in [0.15, 0.2) is 22.7 Å². The van der Waals surface area contributed by atoms with Crippen LogP contribution in [0.25, 0.3) is 0 Å². The first kappa shape index (κ1) is 14.5. The van der Waals surface area contributed by atoms with Crippen LogP contribution in [0, 0.1) is 11.7 Å². The van der Waals surface area contributed by atoms with E-state index in [1.54, 1.807) is 6.07 Å². The molecule has 1 aliphatic carbocycles. The molecule has 0 heterocycles. The van der Waals surface area contributed by atoms with Gasteiger partial charge in [0.15, 0.2) is 0 Å². The maximum Gasteiger partial charge on any atom is 0.254 e. The molecule has 1 aromatic rings. The molecule has 2 rings (SSSR count). The van der Waals surface area contributed by atoms with Gasteiger partial charge in [0, 0.05) is 10.5 Å². The number of rotatable bonds is 3. The maximum atomic E-state index is 13.7. The molecule has 1 aliphatic rings. The molecule has 2 atom stereocenters. The molecule has 2 nitrogen and oxygen atoms in total. The van der Waals surface area contributed by atoms with E-state index in [4.69, 9.17) is 0 Å². The molecule has 1 saturated carbocycles. The summed E-state index contributed by atoms with van der Waals surface area (Å²) in [5, 5.41) is 3.00. The third-order valence-electron chi connectivity index (χ3n) is 3.92. The Balaban J connectivity index is 2.09. The van der Waals surface area contributed by atoms with Gasteiger partial charge in [-0.15, -0.1) is 0 Å². The summed E-state index contributed by atoms with van der Waals surface area (Å²) in [5.74, 6) is -0.248. The second-order valence-corrected chi connectivity index (χ2v) is 6.07. The van der Waals surface area contributed by atoms with Crippen LogP contribution in [0.4, 0.5) is 4.39 Å². The predicted octanol–water partition coefficient (Wildman–Crippen LogP) is 4.29. The van der Waals surface area contributed by atoms with E-state index >= 15 is 0 Å². The molecular formula is C15H19BrFNO. The number of carbonyl (C=O) groups is 1. The molecule has 1 N–H and O–H groups in total. The Hall–Kier alpha value is -0.900. The second kappa shape index (κ2) is 6.51. The zero-order valence-corrected chi connectivity index (χ0v) is 12.7. The molecular weight excluding hydrogens is 309 g/mol. The molecule has 0 aromatic heterocycles. The van der Waals surface area contributed by atoms with Crippen molar-refractivity contribution in [1.82, 2.24) is 5.32 Å². The molecule has 0 radical (unpaired) electrons. The van der Waals surface area contributed by atoms with Gasteiger partial charge < -0.3 is 5.32 Å². The van der Waals surface area contributed by atoms with Gasteiger partial charge >= 0.3 is 0 Å². The highest BCUT2D eigenvalue weighted by molar-refractivity contribution is 9.10. The minimum Gasteiger partial charge on any atom is -0.349 e. The largest absolute Gasteiger partial charge is 0.349 e. The molecule has 0 bridgehead atoms. The van der Waals surface area contributed by atoms with Crippen LogP contribution in [0.3, 0.4) is 0 Å². The summed E-state index contributed by atoms with van der Waals surface area (Å²) in [6.45, 7) is 2.15. The predicted molar refractivity (Wildman–Crippen MR) is 77.6 cm³/mol. The summed E-state index contributed by atoms with van der Waals surface area (Å²) in [6, 6.07) is 4.64. The van der Waals surface area contributed by atoms with Crippen molar-refractivity contribution < 1.29 is 9.18 Å². The SMILES string of the molecule is CCC1CCCCC1NC(=O)c1cc(Br)ccc1F. The first-order valence-electron chi connectivity index (χ1n) is 6.87. The first-order valence-corrected chi connectivity index (χ1v) is 7.67. The zero-order chi connectivity index (χ0) is 13.8. The van der Waals surface area contributed by atoms with Gasteiger partial charge in [0.05, 0.1) is 5.56 Å². The van der Waals surface area contributed by atoms with Gasteiger partial charge in [0.25, 0.3) is 5.91 Å². The number of carbonyl (C=O) groups excluding carboxylic acids is 1. The lowest BCUT2D eigenvalue weighted by atomic mass is 9.83. The molecule has 19 heavy (non-hydrogen) atoms. The Morgan fingerprint density at radius 2 is 2.16 bits per heavy atom. The van der Waals surface area contributed by atoms with Crippen molar-refractivity contribution in [2.45, 2.75) is 45.1 Å². The van der Waals surface area contributed by atoms with E-state index < -0.39 is 5.82 Å². The molecule has 4 heteroatoms. The summed E-state index contributed by atoms with van der Waals surface area (Å²) in [5.41, 5.74) is 0.120. The van der Waals surface area contributed by atoms with Crippen LogP contribution >= 0.6 is 15.9 Å². The van der Waals surface area contributed by atoms with E-state index in [2.05, 4.69) is 28.2 Å². The number of hydrogen-bond acceptors (Lipinski definition) is 1. The molecule has 0 saturated heterocycles. The molecule has 2 unspecified atom stereocenters. The van der Waals surface area contributed by atoms with Crippen molar-refractivity contribution in [2.75, 3.05) is 0 Å². The molecule has 104 valence electrons. The first-order chi connectivity index (χ1) is 9.11. The van der Waals surface area contributed by atoms with Gasteiger partial charge in [-0.1, -0.05) is 42.1 Å². The van der Waals surface area contributed by atoms with Gasteiger partial charge in [-0.05, 0) is 37.0 Å². The van der Waals surface area contributed by atoms with Crippen LogP contribution in [0.5, 0.6) is 0 Å². The van der Waals surface area contributed by atoms with Crippen LogP contribution < -0.4 is 5.32 Å². The summed E-state index contributed by atoms with van der Waals surface area (Å²) in [6.07, 6.45) is 5.59. The third kappa shape index (κ3) is 3.56. The van der Waals surface area contributed by atoms with E-state index in [0.29, 0.717) is 5.92 Å². The minimum atomic E-state index is -0.468. The quantitative estimate of drug-likeness (QED) is 0.881. The van der Waals surface area contributed by atoms with E-state index in [1.807, 2.05) is 0 Å². The van der Waals surface area contributed by atoms with Crippen LogP contribution in [-0.2, 0) is 0 Å². The zero-order valence-electron chi connectivity index (χ0n) is 11.1. The van der Waals surface area contributed by atoms with Gasteiger partial charge in [-0.3, -0.25) is 4.79 Å². The number of amides is 1. The third-order valence-corrected chi connectivity index (χ3v) is 4.42. The average Bonchev–Trinajstić information content (AvgIpc) is 2.42. The maximum absolute atomic E-state index is 13.7. The standard InChI is InChI=1S/C15H19BrFNO/c1-2-10-5-3-4-6-14(10)18-15(19)12-9-11(16)7-8-13(12)17/h7-10,14H,2-6H2,1H3,(H,18,19). The highest BCUT2D eigenvalue weighted by Crippen LogP contribution is 2.27. The van der Waals surface area contributed by atoms with Crippen LogP contribution in [0.1, 0.15) is 49.4 Å². The Labute approximate surface area is 121 Å². The van der Waals surface area contributed by atoms with Crippen LogP contribution in [0.2, 0.25) is 0 Å². The van der Waals surface area contributed by atoms with Crippen molar-refractivity contribution in [3.63, 3.8) is 0 Å². The lowest BCUT2D eigenvalue weighted by Crippen LogP contribution is -2.42. The summed E-state index contributed by atoms with van der Waals surface area (Å²) >= 11 is 3.27. The van der Waals surface area contributed by atoms with Crippen LogP contribution in [-0.4, -0.2) is 11.9 Å². The monoisotopic (exact) mass is 327 g/mol. The highest BCUT2D eigenvalue weighted by Gasteiger charge is 2.26. The number of hydrogen-bond donors (Lipinski definition) is 1. The number of halogens is 2. The summed E-state index contributed by atoms with van der Waals surface area (Å²) < 4.78 is 14.4. The van der Waals surface area contributed by atoms with Gasteiger partial charge in [-0.25, -0.2) is 4.39 Å². The number of benzene rings is 1. The van der Waals surface area contributed by atoms with Crippen molar-refractivity contribution in [1.29, 1.82) is 0 Å². The van der Waals surface area contributed by atoms with E-state index in [0.717, 1.165) is 30.2 Å². The Morgan fingerprint density at radius 3 is 2.89 bits per heavy atom. The van der Waals surface area contributed by atoms with Gasteiger partial charge in [0.1, 0.15) is 5.82 Å². The van der Waals surface area contributed by atoms with Crippen molar-refractivity contribution in [3.8, 4) is 0 Å². The molecule has 1 aromatic carbocycles. The lowest BCUT2D eigenvalue weighted by molar-refractivity contribution is 0.0900. The second-order valence-electron chi connectivity index (χ2n) is 5.16. The summed E-state index contributed by atoms with van der Waals surface area (Å²) in [4.78, 5) is 12.2. The van der Waals surface area contributed by atoms with Gasteiger partial charge in [0.2, 0.25) is 0 Å². The van der Waals surface area contributed by atoms with E-state index in [-0.39, 0.29) is 17.5 Å². The van der Waals surface area contributed by atoms with E-state index in [1.165, 1.54) is 18.6 Å². The van der Waals surface area contributed by atoms with Gasteiger partial charge in [-0.2, -0.15) is 0 Å². The topological polar surface area (TPSA) is 29.1 Å². The fourth-order valence-electron chi connectivity index (χ4n) is 2.80. The van der Waals surface area contributed by atoms with Crippen molar-refractivity contribution in [2.24, 2.45) is 5.92 Å². The van der Waals surface area contributed by atoms with Crippen molar-refractivity contribution >= 4 is 21.8 Å². The molecule has 1 amide bonds. The Bertz CT molecular complexity index is 463. The molecule has 0 spiro atoms. The highest BCUT2D eigenvalue weighted by atomic mass is 79.9.